The lowest BCUT2D eigenvalue weighted by Gasteiger charge is -2.42. The van der Waals surface area contributed by atoms with Gasteiger partial charge in [0.1, 0.15) is 5.60 Å². The summed E-state index contributed by atoms with van der Waals surface area (Å²) in [7, 11) is 0. The molecule has 0 saturated carbocycles. The summed E-state index contributed by atoms with van der Waals surface area (Å²) < 4.78 is 12.4. The molecule has 1 atom stereocenters. The molecule has 96 valence electrons. The van der Waals surface area contributed by atoms with Gasteiger partial charge in [-0.05, 0) is 31.6 Å². The average Bonchev–Trinajstić information content (AvgIpc) is 2.38. The van der Waals surface area contributed by atoms with E-state index in [9.17, 15) is 0 Å². The third-order valence-corrected chi connectivity index (χ3v) is 3.69. The second-order valence-electron chi connectivity index (χ2n) is 6.45. The lowest BCUT2D eigenvalue weighted by atomic mass is 9.73. The zero-order valence-corrected chi connectivity index (χ0v) is 12.1. The highest BCUT2D eigenvalue weighted by Gasteiger charge is 2.57. The van der Waals surface area contributed by atoms with Crippen LogP contribution in [0.5, 0.6) is 0 Å². The van der Waals surface area contributed by atoms with Crippen LogP contribution in [0.4, 0.5) is 0 Å². The number of hydrogen-bond donors (Lipinski definition) is 0. The van der Waals surface area contributed by atoms with Gasteiger partial charge in [0, 0.05) is 0 Å². The van der Waals surface area contributed by atoms with Crippen LogP contribution in [0.3, 0.4) is 0 Å². The van der Waals surface area contributed by atoms with Crippen molar-refractivity contribution in [2.45, 2.75) is 72.9 Å². The summed E-state index contributed by atoms with van der Waals surface area (Å²) in [5.41, 5.74) is -0.155. The van der Waals surface area contributed by atoms with Crippen LogP contribution >= 0.6 is 0 Å². The van der Waals surface area contributed by atoms with Crippen molar-refractivity contribution in [3.63, 3.8) is 0 Å². The Labute approximate surface area is 101 Å². The Morgan fingerprint density at radius 3 is 1.56 bits per heavy atom. The van der Waals surface area contributed by atoms with Crippen molar-refractivity contribution in [3.8, 4) is 0 Å². The molecule has 0 spiro atoms. The molecule has 0 aromatic carbocycles. The summed E-state index contributed by atoms with van der Waals surface area (Å²) in [6.45, 7) is 17.4. The normalized spacial score (nSPS) is 28.3. The van der Waals surface area contributed by atoms with E-state index in [4.69, 9.17) is 9.47 Å². The molecule has 1 aliphatic rings. The van der Waals surface area contributed by atoms with Crippen LogP contribution in [0.1, 0.15) is 55.4 Å². The van der Waals surface area contributed by atoms with Crippen LogP contribution in [-0.4, -0.2) is 17.5 Å². The van der Waals surface area contributed by atoms with E-state index in [1.165, 1.54) is 0 Å². The summed E-state index contributed by atoms with van der Waals surface area (Å²) in [6, 6.07) is 0. The first kappa shape index (κ1) is 14.0. The molecular formula is C14H28O2. The van der Waals surface area contributed by atoms with E-state index in [-0.39, 0.29) is 11.7 Å². The molecule has 16 heavy (non-hydrogen) atoms. The van der Waals surface area contributed by atoms with E-state index < -0.39 is 5.79 Å². The van der Waals surface area contributed by atoms with E-state index in [0.717, 1.165) is 0 Å². The van der Waals surface area contributed by atoms with Crippen molar-refractivity contribution < 1.29 is 9.47 Å². The molecule has 0 radical (unpaired) electrons. The Bertz CT molecular complexity index is 233. The van der Waals surface area contributed by atoms with Gasteiger partial charge >= 0.3 is 0 Å². The highest BCUT2D eigenvalue weighted by molar-refractivity contribution is 5.01. The molecule has 0 amide bonds. The van der Waals surface area contributed by atoms with Crippen LogP contribution < -0.4 is 0 Å². The second kappa shape index (κ2) is 4.30. The van der Waals surface area contributed by atoms with Gasteiger partial charge in [-0.2, -0.15) is 0 Å². The molecule has 1 aliphatic heterocycles. The maximum Gasteiger partial charge on any atom is 0.164 e. The standard InChI is InChI=1S/C14H28O2/c1-9(2)12-14(10(3)4,11(5)6)16-13(7,8)15-12/h9-12H,1-8H3/t12-/m0/s1. The second-order valence-corrected chi connectivity index (χ2v) is 6.45. The zero-order valence-electron chi connectivity index (χ0n) is 12.1. The molecule has 0 aromatic rings. The predicted octanol–water partition coefficient (Wildman–Crippen LogP) is 3.84. The molecule has 0 aliphatic carbocycles. The fraction of sp³-hybridized carbons (Fsp3) is 1.00. The number of hydrogen-bond acceptors (Lipinski definition) is 2. The first-order valence-electron chi connectivity index (χ1n) is 6.51. The van der Waals surface area contributed by atoms with E-state index in [0.29, 0.717) is 17.8 Å². The summed E-state index contributed by atoms with van der Waals surface area (Å²) in [5, 5.41) is 0. The molecule has 0 bridgehead atoms. The van der Waals surface area contributed by atoms with Gasteiger partial charge < -0.3 is 9.47 Å². The molecule has 1 saturated heterocycles. The highest BCUT2D eigenvalue weighted by atomic mass is 16.8. The monoisotopic (exact) mass is 228 g/mol. The Morgan fingerprint density at radius 1 is 0.875 bits per heavy atom. The van der Waals surface area contributed by atoms with E-state index in [1.807, 2.05) is 13.8 Å². The maximum atomic E-state index is 6.31. The van der Waals surface area contributed by atoms with Gasteiger partial charge in [-0.25, -0.2) is 0 Å². The van der Waals surface area contributed by atoms with E-state index in [2.05, 4.69) is 41.5 Å². The Balaban J connectivity index is 3.14. The Kier molecular flexibility index (Phi) is 3.76. The van der Waals surface area contributed by atoms with Crippen LogP contribution in [0.25, 0.3) is 0 Å². The predicted molar refractivity (Wildman–Crippen MR) is 67.3 cm³/mol. The van der Waals surface area contributed by atoms with Gasteiger partial charge in [0.2, 0.25) is 0 Å². The maximum absolute atomic E-state index is 6.31. The fourth-order valence-corrected chi connectivity index (χ4v) is 3.12. The largest absolute Gasteiger partial charge is 0.344 e. The molecular weight excluding hydrogens is 200 g/mol. The molecule has 1 fully saturated rings. The van der Waals surface area contributed by atoms with Gasteiger partial charge in [-0.3, -0.25) is 0 Å². The van der Waals surface area contributed by atoms with Crippen LogP contribution in [0.2, 0.25) is 0 Å². The van der Waals surface area contributed by atoms with E-state index >= 15 is 0 Å². The molecule has 1 rings (SSSR count). The SMILES string of the molecule is CC(C)[C@@H]1OC(C)(C)OC1(C(C)C)C(C)C. The van der Waals surface area contributed by atoms with Crippen molar-refractivity contribution in [3.05, 3.63) is 0 Å². The number of ether oxygens (including phenoxy) is 2. The minimum atomic E-state index is -0.455. The summed E-state index contributed by atoms with van der Waals surface area (Å²) >= 11 is 0. The summed E-state index contributed by atoms with van der Waals surface area (Å²) in [5.74, 6) is 0.943. The van der Waals surface area contributed by atoms with Crippen molar-refractivity contribution in [1.82, 2.24) is 0 Å². The fourth-order valence-electron chi connectivity index (χ4n) is 3.12. The van der Waals surface area contributed by atoms with Gasteiger partial charge in [0.05, 0.1) is 6.10 Å². The summed E-state index contributed by atoms with van der Waals surface area (Å²) in [6.07, 6.45) is 0.183. The van der Waals surface area contributed by atoms with Crippen molar-refractivity contribution in [2.75, 3.05) is 0 Å². The first-order chi connectivity index (χ1) is 7.13. The molecule has 2 nitrogen and oxygen atoms in total. The average molecular weight is 228 g/mol. The zero-order chi connectivity index (χ0) is 12.7. The van der Waals surface area contributed by atoms with E-state index in [1.54, 1.807) is 0 Å². The van der Waals surface area contributed by atoms with Crippen molar-refractivity contribution in [1.29, 1.82) is 0 Å². The van der Waals surface area contributed by atoms with Gasteiger partial charge in [-0.15, -0.1) is 0 Å². The molecule has 0 aromatic heterocycles. The number of rotatable bonds is 3. The Morgan fingerprint density at radius 2 is 1.31 bits per heavy atom. The van der Waals surface area contributed by atoms with Crippen molar-refractivity contribution >= 4 is 0 Å². The van der Waals surface area contributed by atoms with Crippen molar-refractivity contribution in [2.24, 2.45) is 17.8 Å². The van der Waals surface area contributed by atoms with Crippen LogP contribution in [0, 0.1) is 17.8 Å². The lowest BCUT2D eigenvalue weighted by molar-refractivity contribution is -0.181. The van der Waals surface area contributed by atoms with Crippen LogP contribution in [0.15, 0.2) is 0 Å². The summed E-state index contributed by atoms with van der Waals surface area (Å²) in [4.78, 5) is 0. The third-order valence-electron chi connectivity index (χ3n) is 3.69. The molecule has 1 heterocycles. The Hall–Kier alpha value is -0.0800. The minimum Gasteiger partial charge on any atom is -0.344 e. The van der Waals surface area contributed by atoms with Gasteiger partial charge in [0.25, 0.3) is 0 Å². The smallest absolute Gasteiger partial charge is 0.164 e. The quantitative estimate of drug-likeness (QED) is 0.730. The molecule has 0 unspecified atom stereocenters. The lowest BCUT2D eigenvalue weighted by Crippen LogP contribution is -2.51. The van der Waals surface area contributed by atoms with Gasteiger partial charge in [-0.1, -0.05) is 41.5 Å². The molecule has 2 heteroatoms. The topological polar surface area (TPSA) is 18.5 Å². The highest BCUT2D eigenvalue weighted by Crippen LogP contribution is 2.48. The minimum absolute atomic E-state index is 0.155. The third kappa shape index (κ3) is 2.14. The first-order valence-corrected chi connectivity index (χ1v) is 6.51. The molecule has 0 N–H and O–H groups in total. The van der Waals surface area contributed by atoms with Gasteiger partial charge in [0.15, 0.2) is 5.79 Å². The van der Waals surface area contributed by atoms with Crippen LogP contribution in [-0.2, 0) is 9.47 Å².